The molecule has 0 saturated carbocycles. The highest BCUT2D eigenvalue weighted by molar-refractivity contribution is 6.27. The van der Waals surface area contributed by atoms with Crippen molar-refractivity contribution < 1.29 is 13.2 Å². The van der Waals surface area contributed by atoms with Gasteiger partial charge in [-0.05, 0) is 23.2 Å². The number of hydrogen-bond donors (Lipinski definition) is 0. The smallest absolute Gasteiger partial charge is 0.312 e. The van der Waals surface area contributed by atoms with Crippen molar-refractivity contribution in [2.75, 3.05) is 0 Å². The van der Waals surface area contributed by atoms with Gasteiger partial charge in [-0.1, -0.05) is 11.2 Å². The van der Waals surface area contributed by atoms with E-state index in [2.05, 4.69) is 10.2 Å². The highest BCUT2D eigenvalue weighted by atomic mass is 35.5. The molecule has 1 aromatic heterocycles. The highest BCUT2D eigenvalue weighted by Crippen LogP contribution is 2.15. The van der Waals surface area contributed by atoms with Crippen LogP contribution < -0.4 is 0 Å². The molecule has 3 nitrogen and oxygen atoms in total. The minimum atomic E-state index is -0.649. The third-order valence-corrected chi connectivity index (χ3v) is 1.95. The first-order valence-electron chi connectivity index (χ1n) is 4.07. The van der Waals surface area contributed by atoms with Gasteiger partial charge in [0.15, 0.2) is 0 Å². The second kappa shape index (κ2) is 3.94. The lowest BCUT2D eigenvalue weighted by molar-refractivity contribution is 0.499. The second-order valence-electron chi connectivity index (χ2n) is 2.86. The number of nitrogens with zero attached hydrogens (tertiary/aromatic N) is 2. The fourth-order valence-corrected chi connectivity index (χ4v) is 1.26. The summed E-state index contributed by atoms with van der Waals surface area (Å²) in [4.78, 5) is 0. The van der Waals surface area contributed by atoms with Gasteiger partial charge in [0.25, 0.3) is 0 Å². The summed E-state index contributed by atoms with van der Waals surface area (Å²) in [5.74, 6) is -1.09. The van der Waals surface area contributed by atoms with E-state index in [0.717, 1.165) is 12.1 Å². The molecule has 0 aliphatic heterocycles. The van der Waals surface area contributed by atoms with Crippen molar-refractivity contribution in [2.24, 2.45) is 0 Å². The average Bonchev–Trinajstić information content (AvgIpc) is 2.56. The van der Waals surface area contributed by atoms with Gasteiger partial charge in [0, 0.05) is 6.07 Å². The lowest BCUT2D eigenvalue weighted by Crippen LogP contribution is -1.93. The van der Waals surface area contributed by atoms with E-state index in [4.69, 9.17) is 16.0 Å². The number of aromatic nitrogens is 2. The van der Waals surface area contributed by atoms with Crippen LogP contribution in [0.1, 0.15) is 11.5 Å². The van der Waals surface area contributed by atoms with E-state index in [0.29, 0.717) is 0 Å². The summed E-state index contributed by atoms with van der Waals surface area (Å²) in [7, 11) is 0. The van der Waals surface area contributed by atoms with Crippen molar-refractivity contribution in [1.82, 2.24) is 10.2 Å². The molecule has 0 amide bonds. The first-order valence-corrected chi connectivity index (χ1v) is 4.45. The van der Waals surface area contributed by atoms with Crippen LogP contribution in [-0.4, -0.2) is 10.2 Å². The Bertz CT molecular complexity index is 487. The molecule has 0 spiro atoms. The normalized spacial score (nSPS) is 10.6. The van der Waals surface area contributed by atoms with Gasteiger partial charge in [-0.3, -0.25) is 0 Å². The number of halogens is 3. The largest absolute Gasteiger partial charge is 0.412 e. The summed E-state index contributed by atoms with van der Waals surface area (Å²) in [5.41, 5.74) is 0.275. The van der Waals surface area contributed by atoms with Crippen LogP contribution in [0.5, 0.6) is 0 Å². The summed E-state index contributed by atoms with van der Waals surface area (Å²) in [6.45, 7) is 0. The Labute approximate surface area is 88.7 Å². The van der Waals surface area contributed by atoms with Crippen molar-refractivity contribution in [1.29, 1.82) is 0 Å². The van der Waals surface area contributed by atoms with E-state index in [9.17, 15) is 8.78 Å². The predicted octanol–water partition coefficient (Wildman–Crippen LogP) is 2.59. The topological polar surface area (TPSA) is 38.9 Å². The van der Waals surface area contributed by atoms with Gasteiger partial charge in [0.1, 0.15) is 11.6 Å². The molecule has 0 atom stereocenters. The molecule has 0 N–H and O–H groups in total. The first kappa shape index (κ1) is 10.0. The van der Waals surface area contributed by atoms with Crippen molar-refractivity contribution in [3.63, 3.8) is 0 Å². The van der Waals surface area contributed by atoms with Crippen LogP contribution in [0, 0.1) is 11.6 Å². The van der Waals surface area contributed by atoms with E-state index >= 15 is 0 Å². The van der Waals surface area contributed by atoms with Crippen molar-refractivity contribution in [3.8, 4) is 0 Å². The van der Waals surface area contributed by atoms with Gasteiger partial charge in [-0.25, -0.2) is 8.78 Å². The van der Waals surface area contributed by atoms with E-state index < -0.39 is 11.6 Å². The van der Waals surface area contributed by atoms with Crippen LogP contribution in [0.2, 0.25) is 5.35 Å². The molecule has 0 unspecified atom stereocenters. The van der Waals surface area contributed by atoms with Gasteiger partial charge in [-0.15, -0.1) is 5.10 Å². The van der Waals surface area contributed by atoms with Crippen molar-refractivity contribution >= 4 is 11.6 Å². The molecule has 78 valence electrons. The van der Waals surface area contributed by atoms with E-state index in [1.165, 1.54) is 6.07 Å². The third-order valence-electron chi connectivity index (χ3n) is 1.80. The Balaban J connectivity index is 2.24. The molecular weight excluding hydrogens is 226 g/mol. The molecule has 0 fully saturated rings. The van der Waals surface area contributed by atoms with Crippen LogP contribution in [0.25, 0.3) is 0 Å². The monoisotopic (exact) mass is 230 g/mol. The Kier molecular flexibility index (Phi) is 2.64. The molecule has 1 heterocycles. The Hall–Kier alpha value is -1.49. The van der Waals surface area contributed by atoms with E-state index in [-0.39, 0.29) is 23.2 Å². The molecule has 15 heavy (non-hydrogen) atoms. The average molecular weight is 231 g/mol. The van der Waals surface area contributed by atoms with Gasteiger partial charge >= 0.3 is 5.35 Å². The second-order valence-corrected chi connectivity index (χ2v) is 3.18. The minimum absolute atomic E-state index is 0.0891. The Morgan fingerprint density at radius 3 is 2.67 bits per heavy atom. The summed E-state index contributed by atoms with van der Waals surface area (Å²) < 4.78 is 30.6. The molecule has 0 aliphatic rings. The fourth-order valence-electron chi connectivity index (χ4n) is 1.13. The summed E-state index contributed by atoms with van der Waals surface area (Å²) in [6, 6.07) is 3.28. The standard InChI is InChI=1S/C9H5ClF2N2O/c10-9-14-13-8(15-9)3-5-1-2-6(11)4-7(5)12/h1-2,4H,3H2. The molecule has 2 rings (SSSR count). The molecule has 6 heteroatoms. The number of rotatable bonds is 2. The van der Waals surface area contributed by atoms with Crippen LogP contribution in [0.3, 0.4) is 0 Å². The first-order chi connectivity index (χ1) is 7.15. The van der Waals surface area contributed by atoms with Gasteiger partial charge in [0.2, 0.25) is 5.89 Å². The number of benzene rings is 1. The van der Waals surface area contributed by atoms with E-state index in [1.807, 2.05) is 0 Å². The van der Waals surface area contributed by atoms with Crippen molar-refractivity contribution in [3.05, 3.63) is 46.6 Å². The highest BCUT2D eigenvalue weighted by Gasteiger charge is 2.09. The predicted molar refractivity (Wildman–Crippen MR) is 48.5 cm³/mol. The van der Waals surface area contributed by atoms with Crippen LogP contribution >= 0.6 is 11.6 Å². The maximum Gasteiger partial charge on any atom is 0.312 e. The molecule has 0 aliphatic carbocycles. The van der Waals surface area contributed by atoms with Crippen molar-refractivity contribution in [2.45, 2.75) is 6.42 Å². The van der Waals surface area contributed by atoms with Gasteiger partial charge < -0.3 is 4.42 Å². The Morgan fingerprint density at radius 1 is 1.27 bits per heavy atom. The lowest BCUT2D eigenvalue weighted by Gasteiger charge is -1.98. The summed E-state index contributed by atoms with van der Waals surface area (Å²) in [5, 5.41) is 6.87. The molecule has 2 aromatic rings. The maximum absolute atomic E-state index is 13.2. The van der Waals surface area contributed by atoms with Gasteiger partial charge in [0.05, 0.1) is 6.42 Å². The van der Waals surface area contributed by atoms with Crippen LogP contribution in [0.4, 0.5) is 8.78 Å². The summed E-state index contributed by atoms with van der Waals surface area (Å²) >= 11 is 5.40. The van der Waals surface area contributed by atoms with Crippen LogP contribution in [0.15, 0.2) is 22.6 Å². The minimum Gasteiger partial charge on any atom is -0.412 e. The zero-order valence-corrected chi connectivity index (χ0v) is 8.13. The maximum atomic E-state index is 13.2. The Morgan fingerprint density at radius 2 is 2.07 bits per heavy atom. The molecule has 0 bridgehead atoms. The SMILES string of the molecule is Fc1ccc(Cc2nnc(Cl)o2)c(F)c1. The quantitative estimate of drug-likeness (QED) is 0.796. The number of hydrogen-bond acceptors (Lipinski definition) is 3. The molecule has 1 aromatic carbocycles. The zero-order chi connectivity index (χ0) is 10.8. The molecule has 0 saturated heterocycles. The molecule has 0 radical (unpaired) electrons. The van der Waals surface area contributed by atoms with Gasteiger partial charge in [-0.2, -0.15) is 0 Å². The molecular formula is C9H5ClF2N2O. The van der Waals surface area contributed by atoms with Crippen LogP contribution in [-0.2, 0) is 6.42 Å². The zero-order valence-electron chi connectivity index (χ0n) is 7.38. The third kappa shape index (κ3) is 2.30. The fraction of sp³-hybridized carbons (Fsp3) is 0.111. The van der Waals surface area contributed by atoms with E-state index in [1.54, 1.807) is 0 Å². The lowest BCUT2D eigenvalue weighted by atomic mass is 10.1. The summed E-state index contributed by atoms with van der Waals surface area (Å²) in [6.07, 6.45) is 0.0891.